The molecule has 0 spiro atoms. The van der Waals surface area contributed by atoms with Crippen molar-refractivity contribution in [2.75, 3.05) is 0 Å². The SMILES string of the molecule is CC(NC(C)(C(N)=O)C(C)C)c1cccc(F)c1. The summed E-state index contributed by atoms with van der Waals surface area (Å²) < 4.78 is 13.2. The topological polar surface area (TPSA) is 55.1 Å². The molecular formula is C14H21FN2O. The van der Waals surface area contributed by atoms with Gasteiger partial charge in [0.15, 0.2) is 0 Å². The lowest BCUT2D eigenvalue weighted by Gasteiger charge is -2.34. The molecule has 18 heavy (non-hydrogen) atoms. The van der Waals surface area contributed by atoms with Gasteiger partial charge in [0.1, 0.15) is 5.82 Å². The summed E-state index contributed by atoms with van der Waals surface area (Å²) in [5, 5.41) is 3.19. The number of halogens is 1. The lowest BCUT2D eigenvalue weighted by atomic mass is 9.86. The smallest absolute Gasteiger partial charge is 0.237 e. The quantitative estimate of drug-likeness (QED) is 0.845. The van der Waals surface area contributed by atoms with Crippen LogP contribution in [0.2, 0.25) is 0 Å². The van der Waals surface area contributed by atoms with Crippen LogP contribution in [0.5, 0.6) is 0 Å². The van der Waals surface area contributed by atoms with Gasteiger partial charge in [0.2, 0.25) is 5.91 Å². The number of primary amides is 1. The summed E-state index contributed by atoms with van der Waals surface area (Å²) in [6.45, 7) is 7.51. The van der Waals surface area contributed by atoms with E-state index in [1.165, 1.54) is 12.1 Å². The lowest BCUT2D eigenvalue weighted by Crippen LogP contribution is -2.57. The first kappa shape index (κ1) is 14.6. The van der Waals surface area contributed by atoms with Crippen LogP contribution in [-0.4, -0.2) is 11.4 Å². The van der Waals surface area contributed by atoms with Crippen LogP contribution in [0.15, 0.2) is 24.3 Å². The summed E-state index contributed by atoms with van der Waals surface area (Å²) >= 11 is 0. The molecule has 0 aromatic heterocycles. The Morgan fingerprint density at radius 2 is 2.00 bits per heavy atom. The molecule has 0 heterocycles. The van der Waals surface area contributed by atoms with Gasteiger partial charge in [0, 0.05) is 6.04 Å². The number of benzene rings is 1. The van der Waals surface area contributed by atoms with Gasteiger partial charge in [-0.1, -0.05) is 26.0 Å². The fourth-order valence-corrected chi connectivity index (χ4v) is 1.83. The highest BCUT2D eigenvalue weighted by Gasteiger charge is 2.35. The van der Waals surface area contributed by atoms with E-state index in [9.17, 15) is 9.18 Å². The zero-order valence-electron chi connectivity index (χ0n) is 11.3. The Labute approximate surface area is 108 Å². The van der Waals surface area contributed by atoms with E-state index < -0.39 is 11.4 Å². The van der Waals surface area contributed by atoms with E-state index in [2.05, 4.69) is 5.32 Å². The standard InChI is InChI=1S/C14H21FN2O/c1-9(2)14(4,13(16)18)17-10(3)11-6-5-7-12(15)8-11/h5-10,17H,1-4H3,(H2,16,18). The molecule has 4 heteroatoms. The van der Waals surface area contributed by atoms with Crippen molar-refractivity contribution < 1.29 is 9.18 Å². The number of rotatable bonds is 5. The number of nitrogens with one attached hydrogen (secondary N) is 1. The summed E-state index contributed by atoms with van der Waals surface area (Å²) in [5.74, 6) is -0.641. The van der Waals surface area contributed by atoms with Crippen LogP contribution in [0.25, 0.3) is 0 Å². The van der Waals surface area contributed by atoms with Crippen LogP contribution < -0.4 is 11.1 Å². The highest BCUT2D eigenvalue weighted by atomic mass is 19.1. The summed E-state index contributed by atoms with van der Waals surface area (Å²) in [6.07, 6.45) is 0. The number of hydrogen-bond acceptors (Lipinski definition) is 2. The molecule has 1 rings (SSSR count). The molecule has 0 saturated carbocycles. The van der Waals surface area contributed by atoms with Crippen LogP contribution in [0.4, 0.5) is 4.39 Å². The van der Waals surface area contributed by atoms with Gasteiger partial charge >= 0.3 is 0 Å². The maximum atomic E-state index is 13.2. The van der Waals surface area contributed by atoms with Crippen molar-refractivity contribution in [3.63, 3.8) is 0 Å². The van der Waals surface area contributed by atoms with E-state index >= 15 is 0 Å². The molecule has 0 fully saturated rings. The molecule has 0 aliphatic heterocycles. The van der Waals surface area contributed by atoms with Crippen molar-refractivity contribution >= 4 is 5.91 Å². The largest absolute Gasteiger partial charge is 0.368 e. The average Bonchev–Trinajstić information content (AvgIpc) is 2.28. The van der Waals surface area contributed by atoms with Crippen molar-refractivity contribution in [1.29, 1.82) is 0 Å². The van der Waals surface area contributed by atoms with Gasteiger partial charge < -0.3 is 5.73 Å². The second-order valence-corrected chi connectivity index (χ2v) is 5.14. The molecule has 100 valence electrons. The Kier molecular flexibility index (Phi) is 4.46. The van der Waals surface area contributed by atoms with Gasteiger partial charge in [-0.2, -0.15) is 0 Å². The third-order valence-corrected chi connectivity index (χ3v) is 3.53. The first-order chi connectivity index (χ1) is 8.27. The molecule has 0 aliphatic rings. The maximum absolute atomic E-state index is 13.2. The van der Waals surface area contributed by atoms with Gasteiger partial charge in [-0.25, -0.2) is 4.39 Å². The maximum Gasteiger partial charge on any atom is 0.237 e. The molecule has 0 radical (unpaired) electrons. The van der Waals surface area contributed by atoms with Crippen LogP contribution >= 0.6 is 0 Å². The van der Waals surface area contributed by atoms with Gasteiger partial charge in [-0.3, -0.25) is 10.1 Å². The van der Waals surface area contributed by atoms with E-state index in [4.69, 9.17) is 5.73 Å². The third-order valence-electron chi connectivity index (χ3n) is 3.53. The summed E-state index contributed by atoms with van der Waals surface area (Å²) in [5.41, 5.74) is 5.43. The van der Waals surface area contributed by atoms with Crippen molar-refractivity contribution in [2.45, 2.75) is 39.3 Å². The van der Waals surface area contributed by atoms with Crippen LogP contribution in [0.3, 0.4) is 0 Å². The van der Waals surface area contributed by atoms with E-state index in [1.807, 2.05) is 26.8 Å². The molecule has 3 N–H and O–H groups in total. The van der Waals surface area contributed by atoms with E-state index in [-0.39, 0.29) is 17.8 Å². The van der Waals surface area contributed by atoms with Crippen LogP contribution in [-0.2, 0) is 4.79 Å². The van der Waals surface area contributed by atoms with Gasteiger partial charge in [-0.15, -0.1) is 0 Å². The molecule has 1 aromatic carbocycles. The second kappa shape index (κ2) is 5.48. The van der Waals surface area contributed by atoms with E-state index in [0.29, 0.717) is 0 Å². The normalized spacial score (nSPS) is 16.3. The van der Waals surface area contributed by atoms with Gasteiger partial charge in [0.05, 0.1) is 5.54 Å². The summed E-state index contributed by atoms with van der Waals surface area (Å²) in [4.78, 5) is 11.6. The molecule has 3 nitrogen and oxygen atoms in total. The first-order valence-corrected chi connectivity index (χ1v) is 6.10. The molecule has 1 amide bonds. The third kappa shape index (κ3) is 3.07. The molecule has 1 aromatic rings. The van der Waals surface area contributed by atoms with Crippen molar-refractivity contribution in [3.8, 4) is 0 Å². The molecule has 0 aliphatic carbocycles. The van der Waals surface area contributed by atoms with Crippen molar-refractivity contribution in [3.05, 3.63) is 35.6 Å². The molecule has 0 bridgehead atoms. The Morgan fingerprint density at radius 3 is 2.44 bits per heavy atom. The minimum atomic E-state index is -0.814. The minimum Gasteiger partial charge on any atom is -0.368 e. The van der Waals surface area contributed by atoms with E-state index in [1.54, 1.807) is 13.0 Å². The number of carbonyl (C=O) groups is 1. The van der Waals surface area contributed by atoms with Crippen LogP contribution in [0.1, 0.15) is 39.3 Å². The molecule has 2 unspecified atom stereocenters. The summed E-state index contributed by atoms with van der Waals surface area (Å²) in [6, 6.07) is 6.17. The predicted molar refractivity (Wildman–Crippen MR) is 70.4 cm³/mol. The molecule has 2 atom stereocenters. The minimum absolute atomic E-state index is 0.0472. The zero-order chi connectivity index (χ0) is 13.9. The van der Waals surface area contributed by atoms with E-state index in [0.717, 1.165) is 5.56 Å². The highest BCUT2D eigenvalue weighted by Crippen LogP contribution is 2.22. The fraction of sp³-hybridized carbons (Fsp3) is 0.500. The average molecular weight is 252 g/mol. The second-order valence-electron chi connectivity index (χ2n) is 5.14. The monoisotopic (exact) mass is 252 g/mol. The van der Waals surface area contributed by atoms with Crippen LogP contribution in [0, 0.1) is 11.7 Å². The molecular weight excluding hydrogens is 231 g/mol. The predicted octanol–water partition coefficient (Wildman–Crippen LogP) is 2.38. The Morgan fingerprint density at radius 1 is 1.39 bits per heavy atom. The number of hydrogen-bond donors (Lipinski definition) is 2. The van der Waals surface area contributed by atoms with Crippen molar-refractivity contribution in [2.24, 2.45) is 11.7 Å². The Bertz CT molecular complexity index is 434. The van der Waals surface area contributed by atoms with Gasteiger partial charge in [-0.05, 0) is 37.5 Å². The number of nitrogens with two attached hydrogens (primary N) is 1. The first-order valence-electron chi connectivity index (χ1n) is 6.10. The highest BCUT2D eigenvalue weighted by molar-refractivity contribution is 5.84. The molecule has 0 saturated heterocycles. The zero-order valence-corrected chi connectivity index (χ0v) is 11.3. The lowest BCUT2D eigenvalue weighted by molar-refractivity contribution is -0.125. The number of amides is 1. The summed E-state index contributed by atoms with van der Waals surface area (Å²) in [7, 11) is 0. The van der Waals surface area contributed by atoms with Crippen molar-refractivity contribution in [1.82, 2.24) is 5.32 Å². The Balaban J connectivity index is 2.92. The fourth-order valence-electron chi connectivity index (χ4n) is 1.83. The van der Waals surface area contributed by atoms with Gasteiger partial charge in [0.25, 0.3) is 0 Å². The number of carbonyl (C=O) groups excluding carboxylic acids is 1. The Hall–Kier alpha value is -1.42.